The minimum atomic E-state index is -2.89. The van der Waals surface area contributed by atoms with Crippen molar-refractivity contribution < 1.29 is 23.1 Å². The van der Waals surface area contributed by atoms with Gasteiger partial charge in [-0.2, -0.15) is 8.78 Å². The normalized spacial score (nSPS) is 12.0. The molecule has 0 unspecified atom stereocenters. The number of nitrogens with one attached hydrogen (secondary N) is 1. The molecule has 0 aliphatic rings. The van der Waals surface area contributed by atoms with Crippen molar-refractivity contribution in [3.8, 4) is 5.75 Å². The molecule has 8 heteroatoms. The Morgan fingerprint density at radius 2 is 1.72 bits per heavy atom. The maximum absolute atomic E-state index is 12.9. The Kier molecular flexibility index (Phi) is 7.96. The van der Waals surface area contributed by atoms with E-state index in [9.17, 15) is 18.4 Å². The first-order chi connectivity index (χ1) is 13.7. The molecule has 1 N–H and O–H groups in total. The van der Waals surface area contributed by atoms with Crippen molar-refractivity contribution in [3.63, 3.8) is 0 Å². The lowest BCUT2D eigenvalue weighted by atomic mass is 10.0. The van der Waals surface area contributed by atoms with Crippen molar-refractivity contribution >= 4 is 23.4 Å². The summed E-state index contributed by atoms with van der Waals surface area (Å²) in [6, 6.07) is 11.9. The van der Waals surface area contributed by atoms with Gasteiger partial charge in [-0.1, -0.05) is 49.7 Å². The predicted molar refractivity (Wildman–Crippen MR) is 107 cm³/mol. The molecule has 2 rings (SSSR count). The summed E-state index contributed by atoms with van der Waals surface area (Å²) in [5.41, 5.74) is 1.03. The van der Waals surface area contributed by atoms with Crippen LogP contribution in [-0.2, 0) is 11.3 Å². The molecule has 0 saturated carbocycles. The number of alkyl halides is 2. The first kappa shape index (κ1) is 22.6. The smallest absolute Gasteiger partial charge is 0.387 e. The van der Waals surface area contributed by atoms with Gasteiger partial charge < -0.3 is 15.0 Å². The molecule has 5 nitrogen and oxygen atoms in total. The van der Waals surface area contributed by atoms with Gasteiger partial charge in [-0.15, -0.1) is 0 Å². The lowest BCUT2D eigenvalue weighted by Crippen LogP contribution is -2.50. The van der Waals surface area contributed by atoms with Gasteiger partial charge in [0.1, 0.15) is 11.8 Å². The molecule has 0 aliphatic carbocycles. The Labute approximate surface area is 173 Å². The van der Waals surface area contributed by atoms with E-state index in [1.165, 1.54) is 17.0 Å². The summed E-state index contributed by atoms with van der Waals surface area (Å²) >= 11 is 6.06. The van der Waals surface area contributed by atoms with Gasteiger partial charge >= 0.3 is 6.61 Å². The fourth-order valence-corrected chi connectivity index (χ4v) is 2.96. The number of halogens is 3. The van der Waals surface area contributed by atoms with Gasteiger partial charge in [0.2, 0.25) is 5.91 Å². The second-order valence-corrected chi connectivity index (χ2v) is 7.30. The molecule has 2 aromatic carbocycles. The summed E-state index contributed by atoms with van der Waals surface area (Å²) in [7, 11) is 1.61. The molecule has 2 amide bonds. The van der Waals surface area contributed by atoms with Crippen LogP contribution in [0, 0.1) is 5.92 Å². The van der Waals surface area contributed by atoms with Crippen LogP contribution in [0.15, 0.2) is 48.5 Å². The second-order valence-electron chi connectivity index (χ2n) is 6.89. The van der Waals surface area contributed by atoms with E-state index in [0.717, 1.165) is 5.56 Å². The van der Waals surface area contributed by atoms with Gasteiger partial charge in [-0.05, 0) is 35.7 Å². The van der Waals surface area contributed by atoms with E-state index in [1.54, 1.807) is 43.4 Å². The minimum Gasteiger partial charge on any atom is -0.435 e. The lowest BCUT2D eigenvalue weighted by molar-refractivity contribution is -0.133. The van der Waals surface area contributed by atoms with Gasteiger partial charge in [-0.25, -0.2) is 0 Å². The third kappa shape index (κ3) is 6.42. The van der Waals surface area contributed by atoms with E-state index in [4.69, 9.17) is 11.6 Å². The molecule has 156 valence electrons. The van der Waals surface area contributed by atoms with Crippen molar-refractivity contribution in [2.45, 2.75) is 33.0 Å². The number of likely N-dealkylation sites (N-methyl/N-ethyl adjacent to an activating group) is 1. The summed E-state index contributed by atoms with van der Waals surface area (Å²) in [5.74, 6) is -0.805. The van der Waals surface area contributed by atoms with Crippen molar-refractivity contribution in [2.75, 3.05) is 7.05 Å². The number of carbonyl (C=O) groups is 2. The molecule has 2 aromatic rings. The first-order valence-corrected chi connectivity index (χ1v) is 9.41. The van der Waals surface area contributed by atoms with Crippen molar-refractivity contribution in [2.24, 2.45) is 5.92 Å². The SMILES string of the molecule is CC(C)[C@H](NC(=O)c1ccccc1Cl)C(=O)N(C)Cc1ccc(OC(F)F)cc1. The molecule has 0 fully saturated rings. The van der Waals surface area contributed by atoms with Crippen molar-refractivity contribution in [1.82, 2.24) is 10.2 Å². The van der Waals surface area contributed by atoms with Crippen LogP contribution in [0.25, 0.3) is 0 Å². The van der Waals surface area contributed by atoms with Crippen molar-refractivity contribution in [3.05, 3.63) is 64.7 Å². The van der Waals surface area contributed by atoms with Gasteiger partial charge in [0.15, 0.2) is 0 Å². The second kappa shape index (κ2) is 10.2. The maximum atomic E-state index is 12.9. The van der Waals surface area contributed by atoms with E-state index in [-0.39, 0.29) is 24.1 Å². The molecule has 0 radical (unpaired) electrons. The minimum absolute atomic E-state index is 0.0461. The molecule has 0 saturated heterocycles. The molecule has 0 aromatic heterocycles. The zero-order valence-corrected chi connectivity index (χ0v) is 17.1. The summed E-state index contributed by atoms with van der Waals surface area (Å²) in [5, 5.41) is 3.06. The van der Waals surface area contributed by atoms with Crippen LogP contribution in [-0.4, -0.2) is 36.4 Å². The highest BCUT2D eigenvalue weighted by atomic mass is 35.5. The Hall–Kier alpha value is -2.67. The van der Waals surface area contributed by atoms with Gasteiger partial charge in [0.05, 0.1) is 10.6 Å². The predicted octanol–water partition coefficient (Wildman–Crippen LogP) is 4.35. The molecule has 0 bridgehead atoms. The van der Waals surface area contributed by atoms with Crippen LogP contribution in [0.4, 0.5) is 8.78 Å². The highest BCUT2D eigenvalue weighted by Gasteiger charge is 2.28. The van der Waals surface area contributed by atoms with Crippen LogP contribution < -0.4 is 10.1 Å². The molecule has 29 heavy (non-hydrogen) atoms. The van der Waals surface area contributed by atoms with Gasteiger partial charge in [0, 0.05) is 13.6 Å². The van der Waals surface area contributed by atoms with E-state index in [0.29, 0.717) is 10.6 Å². The Balaban J connectivity index is 2.06. The van der Waals surface area contributed by atoms with E-state index in [1.807, 2.05) is 13.8 Å². The highest BCUT2D eigenvalue weighted by molar-refractivity contribution is 6.33. The molecule has 0 aliphatic heterocycles. The third-order valence-electron chi connectivity index (χ3n) is 4.28. The number of ether oxygens (including phenoxy) is 1. The number of carbonyl (C=O) groups excluding carboxylic acids is 2. The average Bonchev–Trinajstić information content (AvgIpc) is 2.66. The summed E-state index contributed by atoms with van der Waals surface area (Å²) in [4.78, 5) is 26.9. The average molecular weight is 425 g/mol. The zero-order chi connectivity index (χ0) is 21.6. The van der Waals surface area contributed by atoms with E-state index < -0.39 is 18.6 Å². The topological polar surface area (TPSA) is 58.6 Å². The summed E-state index contributed by atoms with van der Waals surface area (Å²) in [6.45, 7) is 1.03. The van der Waals surface area contributed by atoms with Crippen LogP contribution in [0.2, 0.25) is 5.02 Å². The van der Waals surface area contributed by atoms with Crippen LogP contribution in [0.1, 0.15) is 29.8 Å². The van der Waals surface area contributed by atoms with Crippen molar-refractivity contribution in [1.29, 1.82) is 0 Å². The fourth-order valence-electron chi connectivity index (χ4n) is 2.74. The van der Waals surface area contributed by atoms with E-state index >= 15 is 0 Å². The van der Waals surface area contributed by atoms with Crippen LogP contribution >= 0.6 is 11.6 Å². The maximum Gasteiger partial charge on any atom is 0.387 e. The quantitative estimate of drug-likeness (QED) is 0.685. The van der Waals surface area contributed by atoms with E-state index in [2.05, 4.69) is 10.1 Å². The molecule has 0 heterocycles. The Morgan fingerprint density at radius 1 is 1.10 bits per heavy atom. The Morgan fingerprint density at radius 3 is 2.28 bits per heavy atom. The molecular weight excluding hydrogens is 402 g/mol. The van der Waals surface area contributed by atoms with Gasteiger partial charge in [0.25, 0.3) is 5.91 Å². The largest absolute Gasteiger partial charge is 0.435 e. The van der Waals surface area contributed by atoms with Gasteiger partial charge in [-0.3, -0.25) is 9.59 Å². The van der Waals surface area contributed by atoms with Crippen LogP contribution in [0.5, 0.6) is 5.75 Å². The monoisotopic (exact) mass is 424 g/mol. The number of benzene rings is 2. The molecule has 0 spiro atoms. The zero-order valence-electron chi connectivity index (χ0n) is 16.4. The highest BCUT2D eigenvalue weighted by Crippen LogP contribution is 2.18. The standard InChI is InChI=1S/C21H23ClF2N2O3/c1-13(2)18(25-19(27)16-6-4-5-7-17(16)22)20(28)26(3)12-14-8-10-15(11-9-14)29-21(23)24/h4-11,13,18,21H,12H2,1-3H3,(H,25,27)/t18-/m0/s1. The number of hydrogen-bond acceptors (Lipinski definition) is 3. The number of nitrogens with zero attached hydrogens (tertiary/aromatic N) is 1. The third-order valence-corrected chi connectivity index (χ3v) is 4.61. The number of hydrogen-bond donors (Lipinski definition) is 1. The summed E-state index contributed by atoms with van der Waals surface area (Å²) < 4.78 is 28.8. The number of rotatable bonds is 8. The first-order valence-electron chi connectivity index (χ1n) is 9.03. The van der Waals surface area contributed by atoms with Crippen LogP contribution in [0.3, 0.4) is 0 Å². The lowest BCUT2D eigenvalue weighted by Gasteiger charge is -2.27. The molecule has 1 atom stereocenters. The molecular formula is C21H23ClF2N2O3. The number of amides is 2. The fraction of sp³-hybridized carbons (Fsp3) is 0.333. The summed E-state index contributed by atoms with van der Waals surface area (Å²) in [6.07, 6.45) is 0. The Bertz CT molecular complexity index is 844.